The van der Waals surface area contributed by atoms with Crippen molar-refractivity contribution < 1.29 is 13.2 Å². The van der Waals surface area contributed by atoms with Crippen LogP contribution >= 0.6 is 0 Å². The van der Waals surface area contributed by atoms with Crippen LogP contribution in [0.1, 0.15) is 63.0 Å². The first-order valence-corrected chi connectivity index (χ1v) is 13.6. The molecule has 5 rings (SSSR count). The Morgan fingerprint density at radius 1 is 0.703 bits per heavy atom. The van der Waals surface area contributed by atoms with Crippen molar-refractivity contribution in [3.63, 3.8) is 0 Å². The fraction of sp³-hybridized carbons (Fsp3) is 0.353. The third kappa shape index (κ3) is 5.46. The zero-order valence-corrected chi connectivity index (χ0v) is 21.7. The van der Waals surface area contributed by atoms with Crippen molar-refractivity contribution in [1.82, 2.24) is 0 Å². The lowest BCUT2D eigenvalue weighted by Gasteiger charge is -2.34. The average Bonchev–Trinajstić information content (AvgIpc) is 2.93. The molecule has 0 saturated heterocycles. The van der Waals surface area contributed by atoms with Gasteiger partial charge in [-0.2, -0.15) is 0 Å². The summed E-state index contributed by atoms with van der Waals surface area (Å²) in [4.78, 5) is 0. The maximum Gasteiger partial charge on any atom is 0.166 e. The molecule has 1 fully saturated rings. The number of halogens is 3. The van der Waals surface area contributed by atoms with Crippen LogP contribution in [0.3, 0.4) is 0 Å². The molecule has 37 heavy (non-hydrogen) atoms. The molecule has 3 heteroatoms. The Morgan fingerprint density at radius 2 is 1.35 bits per heavy atom. The van der Waals surface area contributed by atoms with Gasteiger partial charge in [-0.1, -0.05) is 66.8 Å². The van der Waals surface area contributed by atoms with E-state index in [1.165, 1.54) is 44.6 Å². The second-order valence-corrected chi connectivity index (χ2v) is 10.8. The SMILES string of the molecule is CC=CC1CCC(C2CC=C(c3ccc(-c4ccc(-c5ccc(C)c(F)c5F)cc4)c(F)c3)CC2)CC1. The highest BCUT2D eigenvalue weighted by Gasteiger charge is 2.28. The van der Waals surface area contributed by atoms with Crippen LogP contribution < -0.4 is 0 Å². The molecular formula is C34H35F3. The minimum atomic E-state index is -0.854. The Labute approximate surface area is 218 Å². The molecule has 3 aromatic rings. The van der Waals surface area contributed by atoms with Gasteiger partial charge in [0.2, 0.25) is 0 Å². The molecule has 3 aromatic carbocycles. The highest BCUT2D eigenvalue weighted by molar-refractivity contribution is 5.74. The molecule has 2 aliphatic rings. The number of hydrogen-bond donors (Lipinski definition) is 0. The first-order chi connectivity index (χ1) is 17.9. The number of rotatable bonds is 5. The Kier molecular flexibility index (Phi) is 7.69. The topological polar surface area (TPSA) is 0 Å². The van der Waals surface area contributed by atoms with Crippen LogP contribution in [-0.2, 0) is 0 Å². The Bertz CT molecular complexity index is 1310. The van der Waals surface area contributed by atoms with Crippen molar-refractivity contribution >= 4 is 5.57 Å². The van der Waals surface area contributed by atoms with Crippen LogP contribution in [0, 0.1) is 42.1 Å². The molecular weight excluding hydrogens is 465 g/mol. The molecule has 1 unspecified atom stereocenters. The van der Waals surface area contributed by atoms with E-state index in [-0.39, 0.29) is 16.9 Å². The quantitative estimate of drug-likeness (QED) is 0.306. The van der Waals surface area contributed by atoms with Crippen molar-refractivity contribution in [2.24, 2.45) is 17.8 Å². The van der Waals surface area contributed by atoms with Gasteiger partial charge in [-0.15, -0.1) is 0 Å². The van der Waals surface area contributed by atoms with Gasteiger partial charge < -0.3 is 0 Å². The lowest BCUT2D eigenvalue weighted by molar-refractivity contribution is 0.212. The number of aryl methyl sites for hydroxylation is 1. The summed E-state index contributed by atoms with van der Waals surface area (Å²) in [5.74, 6) is 0.399. The van der Waals surface area contributed by atoms with Gasteiger partial charge in [-0.3, -0.25) is 0 Å². The van der Waals surface area contributed by atoms with E-state index in [1.54, 1.807) is 42.5 Å². The summed E-state index contributed by atoms with van der Waals surface area (Å²) in [6.07, 6.45) is 15.5. The molecule has 2 aliphatic carbocycles. The Hall–Kier alpha value is -3.07. The number of allylic oxidation sites excluding steroid dienone is 4. The molecule has 192 valence electrons. The second-order valence-electron chi connectivity index (χ2n) is 10.8. The van der Waals surface area contributed by atoms with Crippen LogP contribution in [-0.4, -0.2) is 0 Å². The van der Waals surface area contributed by atoms with Crippen molar-refractivity contribution in [3.8, 4) is 22.3 Å². The van der Waals surface area contributed by atoms with E-state index in [9.17, 15) is 8.78 Å². The van der Waals surface area contributed by atoms with E-state index in [4.69, 9.17) is 0 Å². The normalized spacial score (nSPS) is 22.3. The van der Waals surface area contributed by atoms with E-state index >= 15 is 4.39 Å². The number of benzene rings is 3. The molecule has 1 atom stereocenters. The van der Waals surface area contributed by atoms with Crippen LogP contribution in [0.5, 0.6) is 0 Å². The molecule has 0 aliphatic heterocycles. The first kappa shape index (κ1) is 25.6. The van der Waals surface area contributed by atoms with Gasteiger partial charge in [-0.05, 0) is 110 Å². The third-order valence-electron chi connectivity index (χ3n) is 8.52. The van der Waals surface area contributed by atoms with Crippen LogP contribution in [0.15, 0.2) is 72.8 Å². The monoisotopic (exact) mass is 500 g/mol. The van der Waals surface area contributed by atoms with E-state index in [0.29, 0.717) is 16.7 Å². The molecule has 0 nitrogen and oxygen atoms in total. The second kappa shape index (κ2) is 11.1. The van der Waals surface area contributed by atoms with Crippen molar-refractivity contribution in [2.45, 2.75) is 58.8 Å². The summed E-state index contributed by atoms with van der Waals surface area (Å²) in [6.45, 7) is 3.65. The first-order valence-electron chi connectivity index (χ1n) is 13.6. The summed E-state index contributed by atoms with van der Waals surface area (Å²) in [5, 5.41) is 0. The van der Waals surface area contributed by atoms with Gasteiger partial charge in [0.15, 0.2) is 11.6 Å². The van der Waals surface area contributed by atoms with Crippen LogP contribution in [0.4, 0.5) is 13.2 Å². The smallest absolute Gasteiger partial charge is 0.166 e. The minimum absolute atomic E-state index is 0.207. The highest BCUT2D eigenvalue weighted by atomic mass is 19.2. The van der Waals surface area contributed by atoms with Crippen molar-refractivity contribution in [1.29, 1.82) is 0 Å². The summed E-state index contributed by atoms with van der Waals surface area (Å²) in [7, 11) is 0. The summed E-state index contributed by atoms with van der Waals surface area (Å²) in [5.41, 5.74) is 4.48. The molecule has 0 spiro atoms. The maximum absolute atomic E-state index is 15.2. The minimum Gasteiger partial charge on any atom is -0.206 e. The summed E-state index contributed by atoms with van der Waals surface area (Å²) >= 11 is 0. The van der Waals surface area contributed by atoms with E-state index in [1.807, 2.05) is 12.1 Å². The highest BCUT2D eigenvalue weighted by Crippen LogP contribution is 2.42. The molecule has 0 radical (unpaired) electrons. The van der Waals surface area contributed by atoms with Gasteiger partial charge in [-0.25, -0.2) is 13.2 Å². The fourth-order valence-electron chi connectivity index (χ4n) is 6.27. The van der Waals surface area contributed by atoms with Crippen LogP contribution in [0.2, 0.25) is 0 Å². The summed E-state index contributed by atoms with van der Waals surface area (Å²) in [6, 6.07) is 15.6. The lowest BCUT2D eigenvalue weighted by Crippen LogP contribution is -2.22. The molecule has 0 amide bonds. The van der Waals surface area contributed by atoms with E-state index < -0.39 is 11.6 Å². The molecule has 0 bridgehead atoms. The predicted molar refractivity (Wildman–Crippen MR) is 148 cm³/mol. The largest absolute Gasteiger partial charge is 0.206 e. The standard InChI is InChI=1S/C34H35F3/c1-3-4-23-6-8-24(9-7-23)25-10-12-26(13-11-25)29-18-20-30(32(35)21-29)27-14-16-28(17-15-27)31-19-5-22(2)33(36)34(31)37/h3-5,12,14-21,23-25H,6-11,13H2,1-2H3. The fourth-order valence-corrected chi connectivity index (χ4v) is 6.27. The molecule has 1 saturated carbocycles. The average molecular weight is 501 g/mol. The van der Waals surface area contributed by atoms with Gasteiger partial charge >= 0.3 is 0 Å². The maximum atomic E-state index is 15.2. The zero-order valence-electron chi connectivity index (χ0n) is 21.7. The predicted octanol–water partition coefficient (Wildman–Crippen LogP) is 10.3. The van der Waals surface area contributed by atoms with E-state index in [2.05, 4.69) is 25.2 Å². The van der Waals surface area contributed by atoms with Crippen molar-refractivity contribution in [3.05, 3.63) is 101 Å². The Morgan fingerprint density at radius 3 is 1.97 bits per heavy atom. The molecule has 0 aromatic heterocycles. The van der Waals surface area contributed by atoms with Crippen molar-refractivity contribution in [2.75, 3.05) is 0 Å². The van der Waals surface area contributed by atoms with E-state index in [0.717, 1.165) is 36.2 Å². The molecule has 0 N–H and O–H groups in total. The number of hydrogen-bond acceptors (Lipinski definition) is 0. The van der Waals surface area contributed by atoms with Gasteiger partial charge in [0.25, 0.3) is 0 Å². The van der Waals surface area contributed by atoms with Crippen LogP contribution in [0.25, 0.3) is 27.8 Å². The van der Waals surface area contributed by atoms with Gasteiger partial charge in [0.05, 0.1) is 0 Å². The molecule has 0 heterocycles. The lowest BCUT2D eigenvalue weighted by atomic mass is 9.71. The van der Waals surface area contributed by atoms with Gasteiger partial charge in [0, 0.05) is 11.1 Å². The summed E-state index contributed by atoms with van der Waals surface area (Å²) < 4.78 is 43.6. The third-order valence-corrected chi connectivity index (χ3v) is 8.52. The van der Waals surface area contributed by atoms with Gasteiger partial charge in [0.1, 0.15) is 5.82 Å². The Balaban J connectivity index is 1.27. The zero-order chi connectivity index (χ0) is 25.9.